The summed E-state index contributed by atoms with van der Waals surface area (Å²) >= 11 is 0. The van der Waals surface area contributed by atoms with E-state index in [1.807, 2.05) is 73.8 Å². The number of aliphatic imine (C=N–C) groups is 1. The number of hydrogen-bond donors (Lipinski definition) is 0. The maximum absolute atomic E-state index is 14.0. The molecular formula is C17H18NOP. The summed E-state index contributed by atoms with van der Waals surface area (Å²) in [5, 5.41) is 1.27. The van der Waals surface area contributed by atoms with Crippen LogP contribution in [0.25, 0.3) is 0 Å². The summed E-state index contributed by atoms with van der Waals surface area (Å²) in [7, 11) is -2.78. The lowest BCUT2D eigenvalue weighted by molar-refractivity contribution is 0.544. The summed E-state index contributed by atoms with van der Waals surface area (Å²) in [4.78, 5) is 4.60. The third-order valence-corrected chi connectivity index (χ3v) is 7.78. The Morgan fingerprint density at radius 1 is 0.950 bits per heavy atom. The van der Waals surface area contributed by atoms with Crippen LogP contribution in [0.3, 0.4) is 0 Å². The highest BCUT2D eigenvalue weighted by Crippen LogP contribution is 2.59. The van der Waals surface area contributed by atoms with E-state index in [0.29, 0.717) is 0 Å². The highest BCUT2D eigenvalue weighted by molar-refractivity contribution is 7.80. The molecule has 0 saturated carbocycles. The molecule has 0 aromatic heterocycles. The van der Waals surface area contributed by atoms with E-state index in [2.05, 4.69) is 4.99 Å². The number of benzene rings is 2. The van der Waals surface area contributed by atoms with E-state index in [0.717, 1.165) is 23.5 Å². The first-order valence-corrected chi connectivity index (χ1v) is 8.63. The molecule has 0 N–H and O–H groups in total. The Kier molecular flexibility index (Phi) is 3.35. The summed E-state index contributed by atoms with van der Waals surface area (Å²) in [6.07, 6.45) is 3.66. The minimum atomic E-state index is -2.78. The quantitative estimate of drug-likeness (QED) is 0.792. The molecule has 1 aliphatic rings. The Morgan fingerprint density at radius 3 is 1.85 bits per heavy atom. The van der Waals surface area contributed by atoms with Gasteiger partial charge in [-0.3, -0.25) is 4.99 Å². The molecule has 0 radical (unpaired) electrons. The van der Waals surface area contributed by atoms with Gasteiger partial charge in [0.1, 0.15) is 5.28 Å². The van der Waals surface area contributed by atoms with E-state index in [9.17, 15) is 4.57 Å². The highest BCUT2D eigenvalue weighted by atomic mass is 31.2. The largest absolute Gasteiger partial charge is 0.311 e. The lowest BCUT2D eigenvalue weighted by atomic mass is 10.2. The van der Waals surface area contributed by atoms with Gasteiger partial charge in [-0.2, -0.15) is 0 Å². The summed E-state index contributed by atoms with van der Waals surface area (Å²) in [6.45, 7) is 2.03. The van der Waals surface area contributed by atoms with Gasteiger partial charge in [0.15, 0.2) is 7.14 Å². The van der Waals surface area contributed by atoms with Crippen molar-refractivity contribution in [3.63, 3.8) is 0 Å². The SMILES string of the molecule is CC1(P(=O)(c2ccccc2)c2ccccc2)CCC=N1. The van der Waals surface area contributed by atoms with Gasteiger partial charge in [-0.05, 0) is 19.8 Å². The highest BCUT2D eigenvalue weighted by Gasteiger charge is 2.47. The molecule has 0 saturated heterocycles. The van der Waals surface area contributed by atoms with Crippen molar-refractivity contribution in [1.82, 2.24) is 0 Å². The van der Waals surface area contributed by atoms with Crippen LogP contribution >= 0.6 is 7.14 Å². The third kappa shape index (κ3) is 1.96. The smallest absolute Gasteiger partial charge is 0.169 e. The average Bonchev–Trinajstić information content (AvgIpc) is 2.96. The molecule has 1 atom stereocenters. The van der Waals surface area contributed by atoms with Gasteiger partial charge in [0.25, 0.3) is 0 Å². The van der Waals surface area contributed by atoms with Crippen molar-refractivity contribution in [3.8, 4) is 0 Å². The second kappa shape index (κ2) is 5.03. The van der Waals surface area contributed by atoms with Crippen LogP contribution < -0.4 is 10.6 Å². The Morgan fingerprint density at radius 2 is 1.45 bits per heavy atom. The van der Waals surface area contributed by atoms with E-state index in [-0.39, 0.29) is 0 Å². The van der Waals surface area contributed by atoms with Gasteiger partial charge in [-0.1, -0.05) is 60.7 Å². The van der Waals surface area contributed by atoms with Crippen LogP contribution in [-0.4, -0.2) is 11.5 Å². The monoisotopic (exact) mass is 283 g/mol. The van der Waals surface area contributed by atoms with Gasteiger partial charge in [0.2, 0.25) is 0 Å². The van der Waals surface area contributed by atoms with Crippen LogP contribution in [0.15, 0.2) is 65.7 Å². The van der Waals surface area contributed by atoms with Gasteiger partial charge in [-0.15, -0.1) is 0 Å². The van der Waals surface area contributed by atoms with Crippen molar-refractivity contribution in [3.05, 3.63) is 60.7 Å². The van der Waals surface area contributed by atoms with Crippen molar-refractivity contribution in [2.45, 2.75) is 25.0 Å². The molecule has 3 rings (SSSR count). The Labute approximate surface area is 119 Å². The average molecular weight is 283 g/mol. The van der Waals surface area contributed by atoms with Crippen LogP contribution in [0.5, 0.6) is 0 Å². The van der Waals surface area contributed by atoms with E-state index >= 15 is 0 Å². The fourth-order valence-electron chi connectivity index (χ4n) is 2.88. The third-order valence-electron chi connectivity index (χ3n) is 4.03. The van der Waals surface area contributed by atoms with Gasteiger partial charge in [0.05, 0.1) is 0 Å². The molecule has 1 unspecified atom stereocenters. The van der Waals surface area contributed by atoms with Gasteiger partial charge in [0, 0.05) is 16.8 Å². The van der Waals surface area contributed by atoms with Crippen molar-refractivity contribution in [1.29, 1.82) is 0 Å². The Bertz CT molecular complexity index is 622. The van der Waals surface area contributed by atoms with Crippen LogP contribution in [0, 0.1) is 0 Å². The zero-order valence-electron chi connectivity index (χ0n) is 11.6. The molecule has 2 nitrogen and oxygen atoms in total. The zero-order valence-corrected chi connectivity index (χ0v) is 12.5. The zero-order chi connectivity index (χ0) is 14.1. The number of hydrogen-bond acceptors (Lipinski definition) is 2. The predicted molar refractivity (Wildman–Crippen MR) is 85.9 cm³/mol. The first-order chi connectivity index (χ1) is 9.67. The lowest BCUT2D eigenvalue weighted by Crippen LogP contribution is -2.32. The van der Waals surface area contributed by atoms with Crippen LogP contribution in [0.1, 0.15) is 19.8 Å². The van der Waals surface area contributed by atoms with E-state index in [1.165, 1.54) is 0 Å². The predicted octanol–water partition coefficient (Wildman–Crippen LogP) is 3.58. The van der Waals surface area contributed by atoms with Crippen molar-refractivity contribution >= 4 is 24.0 Å². The second-order valence-electron chi connectivity index (χ2n) is 5.35. The van der Waals surface area contributed by atoms with Gasteiger partial charge in [-0.25, -0.2) is 0 Å². The van der Waals surface area contributed by atoms with E-state index in [1.54, 1.807) is 0 Å². The fraction of sp³-hybridized carbons (Fsp3) is 0.235. The molecule has 0 spiro atoms. The first kappa shape index (κ1) is 13.3. The summed E-state index contributed by atoms with van der Waals surface area (Å²) in [6, 6.07) is 19.6. The van der Waals surface area contributed by atoms with E-state index in [4.69, 9.17) is 0 Å². The molecule has 0 aliphatic carbocycles. The molecule has 0 amide bonds. The molecule has 1 heterocycles. The molecule has 102 valence electrons. The summed E-state index contributed by atoms with van der Waals surface area (Å²) in [5.74, 6) is 0. The summed E-state index contributed by atoms with van der Waals surface area (Å²) in [5.41, 5.74) is 0. The molecule has 20 heavy (non-hydrogen) atoms. The van der Waals surface area contributed by atoms with Gasteiger partial charge < -0.3 is 4.57 Å². The molecular weight excluding hydrogens is 265 g/mol. The summed E-state index contributed by atoms with van der Waals surface area (Å²) < 4.78 is 14.0. The molecule has 3 heteroatoms. The lowest BCUT2D eigenvalue weighted by Gasteiger charge is -2.32. The maximum Gasteiger partial charge on any atom is 0.169 e. The molecule has 1 aliphatic heterocycles. The standard InChI is InChI=1S/C17H18NOP/c1-17(13-8-14-18-17)20(19,15-9-4-2-5-10-15)16-11-6-3-7-12-16/h2-7,9-12,14H,8,13H2,1H3. The second-order valence-corrected chi connectivity index (χ2v) is 8.56. The molecule has 2 aromatic carbocycles. The molecule has 0 bridgehead atoms. The van der Waals surface area contributed by atoms with Gasteiger partial charge >= 0.3 is 0 Å². The topological polar surface area (TPSA) is 29.4 Å². The van der Waals surface area contributed by atoms with Crippen LogP contribution in [0.4, 0.5) is 0 Å². The van der Waals surface area contributed by atoms with Crippen molar-refractivity contribution < 1.29 is 4.57 Å². The Balaban J connectivity index is 2.24. The minimum Gasteiger partial charge on any atom is -0.311 e. The molecule has 0 fully saturated rings. The maximum atomic E-state index is 14.0. The minimum absolute atomic E-state index is 0.518. The normalized spacial score (nSPS) is 22.1. The first-order valence-electron chi connectivity index (χ1n) is 6.92. The Hall–Kier alpha value is -1.66. The fourth-order valence-corrected chi connectivity index (χ4v) is 6.17. The van der Waals surface area contributed by atoms with Crippen LogP contribution in [0.2, 0.25) is 0 Å². The molecule has 2 aromatic rings. The van der Waals surface area contributed by atoms with Crippen molar-refractivity contribution in [2.75, 3.05) is 0 Å². The van der Waals surface area contributed by atoms with Crippen molar-refractivity contribution in [2.24, 2.45) is 4.99 Å². The number of rotatable bonds is 3. The number of nitrogens with zero attached hydrogens (tertiary/aromatic N) is 1. The van der Waals surface area contributed by atoms with E-state index < -0.39 is 12.4 Å². The van der Waals surface area contributed by atoms with Crippen LogP contribution in [-0.2, 0) is 4.57 Å².